The molecule has 6 unspecified atom stereocenters. The maximum Gasteiger partial charge on any atom is -0.0172 e. The Hall–Kier alpha value is -0.260. The van der Waals surface area contributed by atoms with Crippen molar-refractivity contribution in [1.82, 2.24) is 0 Å². The Kier molecular flexibility index (Phi) is 5.12. The third kappa shape index (κ3) is 2.84. The monoisotopic (exact) mass is 288 g/mol. The summed E-state index contributed by atoms with van der Waals surface area (Å²) < 4.78 is 0. The van der Waals surface area contributed by atoms with Crippen molar-refractivity contribution >= 4 is 0 Å². The van der Waals surface area contributed by atoms with Crippen LogP contribution in [0.4, 0.5) is 0 Å². The van der Waals surface area contributed by atoms with Crippen molar-refractivity contribution in [1.29, 1.82) is 0 Å². The number of rotatable bonds is 1. The van der Waals surface area contributed by atoms with Gasteiger partial charge in [0.1, 0.15) is 0 Å². The fraction of sp³-hybridized carbons (Fsp3) is 0.905. The van der Waals surface area contributed by atoms with Crippen LogP contribution in [0, 0.1) is 35.5 Å². The van der Waals surface area contributed by atoms with Crippen LogP contribution in [-0.4, -0.2) is 0 Å². The van der Waals surface area contributed by atoms with E-state index in [9.17, 15) is 0 Å². The van der Waals surface area contributed by atoms with Crippen LogP contribution in [0.5, 0.6) is 0 Å². The number of allylic oxidation sites excluding steroid dienone is 2. The lowest BCUT2D eigenvalue weighted by molar-refractivity contribution is 0.0586. The van der Waals surface area contributed by atoms with Gasteiger partial charge in [0, 0.05) is 0 Å². The highest BCUT2D eigenvalue weighted by Gasteiger charge is 2.46. The Morgan fingerprint density at radius 3 is 2.57 bits per heavy atom. The van der Waals surface area contributed by atoms with E-state index in [4.69, 9.17) is 0 Å². The molecular formula is C21H36. The summed E-state index contributed by atoms with van der Waals surface area (Å²) in [5.74, 6) is 6.47. The van der Waals surface area contributed by atoms with Crippen molar-refractivity contribution in [3.8, 4) is 0 Å². The molecule has 0 nitrogen and oxygen atoms in total. The van der Waals surface area contributed by atoms with Gasteiger partial charge < -0.3 is 0 Å². The van der Waals surface area contributed by atoms with Crippen LogP contribution in [0.1, 0.15) is 85.0 Å². The van der Waals surface area contributed by atoms with Gasteiger partial charge in [0.25, 0.3) is 0 Å². The molecule has 0 bridgehead atoms. The molecule has 6 atom stereocenters. The number of hydrogen-bond acceptors (Lipinski definition) is 0. The summed E-state index contributed by atoms with van der Waals surface area (Å²) in [5.41, 5.74) is 1.90. The van der Waals surface area contributed by atoms with Crippen molar-refractivity contribution < 1.29 is 0 Å². The van der Waals surface area contributed by atoms with Crippen molar-refractivity contribution in [2.24, 2.45) is 35.5 Å². The first-order valence-corrected chi connectivity index (χ1v) is 10.1. The van der Waals surface area contributed by atoms with Crippen molar-refractivity contribution in [3.05, 3.63) is 11.6 Å². The molecule has 0 spiro atoms. The lowest BCUT2D eigenvalue weighted by Crippen LogP contribution is -2.40. The molecule has 0 aromatic rings. The van der Waals surface area contributed by atoms with Gasteiger partial charge in [-0.25, -0.2) is 0 Å². The lowest BCUT2D eigenvalue weighted by Gasteiger charge is -2.49. The normalized spacial score (nSPS) is 44.6. The Balaban J connectivity index is 0.000000636. The minimum absolute atomic E-state index is 1.02. The lowest BCUT2D eigenvalue weighted by atomic mass is 9.56. The second-order valence-corrected chi connectivity index (χ2v) is 7.94. The Bertz CT molecular complexity index is 366. The summed E-state index contributed by atoms with van der Waals surface area (Å²) in [6, 6.07) is 0. The Morgan fingerprint density at radius 1 is 0.905 bits per heavy atom. The van der Waals surface area contributed by atoms with E-state index in [2.05, 4.69) is 13.0 Å². The van der Waals surface area contributed by atoms with Gasteiger partial charge in [0.05, 0.1) is 0 Å². The van der Waals surface area contributed by atoms with Gasteiger partial charge in [-0.3, -0.25) is 0 Å². The van der Waals surface area contributed by atoms with Crippen LogP contribution < -0.4 is 0 Å². The fourth-order valence-corrected chi connectivity index (χ4v) is 6.32. The molecule has 0 heterocycles. The van der Waals surface area contributed by atoms with Gasteiger partial charge in [-0.05, 0) is 80.5 Å². The zero-order chi connectivity index (χ0) is 14.8. The standard InChI is InChI=1S/C19H30.C2H6/c1-2-13-6-9-17-15(12-13)8-11-18-16-5-3-4-14(16)7-10-19(17)18;1-2/h8,13-14,16-19H,2-7,9-12H2,1H3;1-2H3. The third-order valence-corrected chi connectivity index (χ3v) is 7.32. The summed E-state index contributed by atoms with van der Waals surface area (Å²) in [5, 5.41) is 0. The van der Waals surface area contributed by atoms with Crippen molar-refractivity contribution in [3.63, 3.8) is 0 Å². The van der Waals surface area contributed by atoms with E-state index in [1.165, 1.54) is 38.5 Å². The van der Waals surface area contributed by atoms with Crippen LogP contribution in [0.25, 0.3) is 0 Å². The van der Waals surface area contributed by atoms with E-state index < -0.39 is 0 Å². The van der Waals surface area contributed by atoms with E-state index in [1.54, 1.807) is 25.7 Å². The van der Waals surface area contributed by atoms with Gasteiger partial charge >= 0.3 is 0 Å². The van der Waals surface area contributed by atoms with Gasteiger partial charge in [-0.2, -0.15) is 0 Å². The summed E-state index contributed by atoms with van der Waals surface area (Å²) >= 11 is 0. The molecule has 0 saturated heterocycles. The molecule has 0 radical (unpaired) electrons. The van der Waals surface area contributed by atoms with Gasteiger partial charge in [-0.15, -0.1) is 0 Å². The molecule has 0 aromatic heterocycles. The van der Waals surface area contributed by atoms with Crippen LogP contribution in [-0.2, 0) is 0 Å². The van der Waals surface area contributed by atoms with E-state index in [0.717, 1.165) is 35.5 Å². The average Bonchev–Trinajstić information content (AvgIpc) is 3.04. The highest BCUT2D eigenvalue weighted by Crippen LogP contribution is 2.56. The topological polar surface area (TPSA) is 0 Å². The van der Waals surface area contributed by atoms with E-state index in [0.29, 0.717) is 0 Å². The van der Waals surface area contributed by atoms with Gasteiger partial charge in [0.15, 0.2) is 0 Å². The van der Waals surface area contributed by atoms with Crippen LogP contribution in [0.2, 0.25) is 0 Å². The summed E-state index contributed by atoms with van der Waals surface area (Å²) in [6.45, 7) is 6.39. The molecule has 0 aromatic carbocycles. The van der Waals surface area contributed by atoms with Gasteiger partial charge in [-0.1, -0.05) is 51.7 Å². The maximum atomic E-state index is 2.72. The Labute approximate surface area is 132 Å². The summed E-state index contributed by atoms with van der Waals surface area (Å²) in [4.78, 5) is 0. The Morgan fingerprint density at radius 2 is 1.76 bits per heavy atom. The largest absolute Gasteiger partial charge is 0.0847 e. The molecule has 0 heteroatoms. The fourth-order valence-electron chi connectivity index (χ4n) is 6.32. The maximum absolute atomic E-state index is 2.72. The molecule has 0 amide bonds. The predicted octanol–water partition coefficient (Wildman–Crippen LogP) is 6.61. The van der Waals surface area contributed by atoms with E-state index in [-0.39, 0.29) is 0 Å². The van der Waals surface area contributed by atoms with E-state index in [1.807, 2.05) is 19.4 Å². The quantitative estimate of drug-likeness (QED) is 0.476. The first kappa shape index (κ1) is 15.6. The first-order chi connectivity index (χ1) is 10.4. The molecule has 3 fully saturated rings. The van der Waals surface area contributed by atoms with Gasteiger partial charge in [0.2, 0.25) is 0 Å². The predicted molar refractivity (Wildman–Crippen MR) is 92.2 cm³/mol. The number of hydrogen-bond donors (Lipinski definition) is 0. The second-order valence-electron chi connectivity index (χ2n) is 7.94. The molecule has 0 aliphatic heterocycles. The minimum atomic E-state index is 1.02. The van der Waals surface area contributed by atoms with Crippen LogP contribution >= 0.6 is 0 Å². The smallest absolute Gasteiger partial charge is 0.0172 e. The zero-order valence-corrected chi connectivity index (χ0v) is 14.6. The molecular weight excluding hydrogens is 252 g/mol. The van der Waals surface area contributed by atoms with Crippen molar-refractivity contribution in [2.45, 2.75) is 85.0 Å². The molecule has 21 heavy (non-hydrogen) atoms. The molecule has 0 N–H and O–H groups in total. The third-order valence-electron chi connectivity index (χ3n) is 7.32. The van der Waals surface area contributed by atoms with Crippen LogP contribution in [0.3, 0.4) is 0 Å². The molecule has 3 saturated carbocycles. The SMILES string of the molecule is CC.CCC1CCC2C(=CCC3C4CCCC4CCC23)C1. The highest BCUT2D eigenvalue weighted by atomic mass is 14.5. The van der Waals surface area contributed by atoms with E-state index >= 15 is 0 Å². The zero-order valence-electron chi connectivity index (χ0n) is 14.6. The highest BCUT2D eigenvalue weighted by molar-refractivity contribution is 5.18. The van der Waals surface area contributed by atoms with Crippen LogP contribution in [0.15, 0.2) is 11.6 Å². The molecule has 4 aliphatic carbocycles. The molecule has 4 aliphatic rings. The minimum Gasteiger partial charge on any atom is -0.0847 e. The number of fused-ring (bicyclic) bond motifs is 5. The average molecular weight is 289 g/mol. The second kappa shape index (κ2) is 6.88. The summed E-state index contributed by atoms with van der Waals surface area (Å²) in [7, 11) is 0. The first-order valence-electron chi connectivity index (χ1n) is 10.1. The summed E-state index contributed by atoms with van der Waals surface area (Å²) in [6.07, 6.45) is 17.9. The molecule has 4 rings (SSSR count). The molecule has 120 valence electrons. The van der Waals surface area contributed by atoms with Crippen molar-refractivity contribution in [2.75, 3.05) is 0 Å².